The summed E-state index contributed by atoms with van der Waals surface area (Å²) in [6.45, 7) is 9.08. The molecule has 0 fully saturated rings. The van der Waals surface area contributed by atoms with Crippen LogP contribution in [0, 0.1) is 5.92 Å². The Balaban J connectivity index is 1.79. The summed E-state index contributed by atoms with van der Waals surface area (Å²) >= 11 is 0. The van der Waals surface area contributed by atoms with Gasteiger partial charge in [-0.1, -0.05) is 13.8 Å². The highest BCUT2D eigenvalue weighted by Gasteiger charge is 1.94. The van der Waals surface area contributed by atoms with Gasteiger partial charge in [0.05, 0.1) is 6.61 Å². The van der Waals surface area contributed by atoms with Crippen molar-refractivity contribution in [1.29, 1.82) is 0 Å². The number of aromatic nitrogens is 2. The lowest BCUT2D eigenvalue weighted by Crippen LogP contribution is -2.22. The highest BCUT2D eigenvalue weighted by molar-refractivity contribution is 4.77. The zero-order valence-corrected chi connectivity index (χ0v) is 11.1. The number of nitrogens with zero attached hydrogens (tertiary/aromatic N) is 2. The van der Waals surface area contributed by atoms with Gasteiger partial charge >= 0.3 is 0 Å². The monoisotopic (exact) mass is 239 g/mol. The van der Waals surface area contributed by atoms with E-state index in [-0.39, 0.29) is 0 Å². The molecule has 0 aromatic carbocycles. The largest absolute Gasteiger partial charge is 0.380 e. The van der Waals surface area contributed by atoms with Gasteiger partial charge in [-0.2, -0.15) is 5.10 Å². The van der Waals surface area contributed by atoms with Crippen molar-refractivity contribution in [2.24, 2.45) is 5.92 Å². The molecule has 1 rings (SSSR count). The molecule has 0 aliphatic carbocycles. The Bertz CT molecular complexity index is 260. The van der Waals surface area contributed by atoms with Gasteiger partial charge in [0.2, 0.25) is 0 Å². The number of ether oxygens (including phenoxy) is 1. The summed E-state index contributed by atoms with van der Waals surface area (Å²) in [6, 6.07) is 1.95. The van der Waals surface area contributed by atoms with Crippen molar-refractivity contribution in [2.45, 2.75) is 33.2 Å². The van der Waals surface area contributed by atoms with Gasteiger partial charge in [0.1, 0.15) is 0 Å². The van der Waals surface area contributed by atoms with Gasteiger partial charge in [-0.05, 0) is 31.4 Å². The quantitative estimate of drug-likeness (QED) is 0.634. The lowest BCUT2D eigenvalue weighted by atomic mass is 10.1. The zero-order valence-electron chi connectivity index (χ0n) is 11.1. The number of rotatable bonds is 10. The minimum Gasteiger partial charge on any atom is -0.380 e. The van der Waals surface area contributed by atoms with Gasteiger partial charge in [-0.25, -0.2) is 0 Å². The van der Waals surface area contributed by atoms with Crippen LogP contribution in [0.4, 0.5) is 0 Å². The SMILES string of the molecule is CC(C)CCOCCNCCCn1cccn1. The normalized spacial score (nSPS) is 11.2. The summed E-state index contributed by atoms with van der Waals surface area (Å²) in [5.41, 5.74) is 0. The first-order chi connectivity index (χ1) is 8.29. The molecular formula is C13H25N3O. The van der Waals surface area contributed by atoms with Crippen molar-refractivity contribution in [3.63, 3.8) is 0 Å². The van der Waals surface area contributed by atoms with Gasteiger partial charge < -0.3 is 10.1 Å². The molecule has 0 spiro atoms. The molecule has 0 saturated carbocycles. The summed E-state index contributed by atoms with van der Waals surface area (Å²) in [7, 11) is 0. The van der Waals surface area contributed by atoms with Crippen LogP contribution in [0.15, 0.2) is 18.5 Å². The van der Waals surface area contributed by atoms with Crippen LogP contribution in [-0.4, -0.2) is 36.1 Å². The van der Waals surface area contributed by atoms with Crippen molar-refractivity contribution < 1.29 is 4.74 Å². The number of nitrogens with one attached hydrogen (secondary N) is 1. The summed E-state index contributed by atoms with van der Waals surface area (Å²) in [5.74, 6) is 0.733. The maximum absolute atomic E-state index is 5.52. The molecule has 17 heavy (non-hydrogen) atoms. The highest BCUT2D eigenvalue weighted by Crippen LogP contribution is 1.98. The minimum atomic E-state index is 0.733. The van der Waals surface area contributed by atoms with Gasteiger partial charge in [0, 0.05) is 32.1 Å². The first kappa shape index (κ1) is 14.2. The highest BCUT2D eigenvalue weighted by atomic mass is 16.5. The molecule has 0 amide bonds. The topological polar surface area (TPSA) is 39.1 Å². The molecule has 1 heterocycles. The van der Waals surface area contributed by atoms with Crippen LogP contribution in [0.2, 0.25) is 0 Å². The molecule has 4 heteroatoms. The summed E-state index contributed by atoms with van der Waals surface area (Å²) in [6.07, 6.45) is 6.07. The van der Waals surface area contributed by atoms with Gasteiger partial charge in [0.25, 0.3) is 0 Å². The van der Waals surface area contributed by atoms with E-state index >= 15 is 0 Å². The predicted octanol–water partition coefficient (Wildman–Crippen LogP) is 1.93. The van der Waals surface area contributed by atoms with E-state index in [0.717, 1.165) is 51.6 Å². The average Bonchev–Trinajstić information content (AvgIpc) is 2.79. The van der Waals surface area contributed by atoms with Crippen LogP contribution in [0.3, 0.4) is 0 Å². The van der Waals surface area contributed by atoms with Crippen LogP contribution in [0.25, 0.3) is 0 Å². The maximum atomic E-state index is 5.52. The molecule has 98 valence electrons. The van der Waals surface area contributed by atoms with Crippen LogP contribution < -0.4 is 5.32 Å². The molecule has 1 aromatic heterocycles. The van der Waals surface area contributed by atoms with E-state index in [9.17, 15) is 0 Å². The van der Waals surface area contributed by atoms with Crippen LogP contribution in [-0.2, 0) is 11.3 Å². The molecular weight excluding hydrogens is 214 g/mol. The molecule has 0 radical (unpaired) electrons. The third-order valence-corrected chi connectivity index (χ3v) is 2.56. The van der Waals surface area contributed by atoms with Crippen molar-refractivity contribution >= 4 is 0 Å². The fraction of sp³-hybridized carbons (Fsp3) is 0.769. The summed E-state index contributed by atoms with van der Waals surface area (Å²) in [4.78, 5) is 0. The van der Waals surface area contributed by atoms with Crippen molar-refractivity contribution in [1.82, 2.24) is 15.1 Å². The van der Waals surface area contributed by atoms with E-state index in [0.29, 0.717) is 0 Å². The number of aryl methyl sites for hydroxylation is 1. The molecule has 0 saturated heterocycles. The van der Waals surface area contributed by atoms with Crippen molar-refractivity contribution in [3.8, 4) is 0 Å². The summed E-state index contributed by atoms with van der Waals surface area (Å²) in [5, 5.41) is 7.53. The van der Waals surface area contributed by atoms with E-state index in [1.165, 1.54) is 0 Å². The Morgan fingerprint density at radius 2 is 2.18 bits per heavy atom. The molecule has 1 aromatic rings. The summed E-state index contributed by atoms with van der Waals surface area (Å²) < 4.78 is 7.48. The number of hydrogen-bond acceptors (Lipinski definition) is 3. The second-order valence-corrected chi connectivity index (χ2v) is 4.67. The van der Waals surface area contributed by atoms with Gasteiger partial charge in [-0.3, -0.25) is 4.68 Å². The van der Waals surface area contributed by atoms with E-state index < -0.39 is 0 Å². The third kappa shape index (κ3) is 7.94. The fourth-order valence-electron chi connectivity index (χ4n) is 1.49. The van der Waals surface area contributed by atoms with Gasteiger partial charge in [-0.15, -0.1) is 0 Å². The molecule has 0 unspecified atom stereocenters. The minimum absolute atomic E-state index is 0.733. The average molecular weight is 239 g/mol. The van der Waals surface area contributed by atoms with Gasteiger partial charge in [0.15, 0.2) is 0 Å². The second-order valence-electron chi connectivity index (χ2n) is 4.67. The fourth-order valence-corrected chi connectivity index (χ4v) is 1.49. The van der Waals surface area contributed by atoms with Crippen LogP contribution >= 0.6 is 0 Å². The van der Waals surface area contributed by atoms with E-state index in [1.54, 1.807) is 0 Å². The molecule has 0 atom stereocenters. The molecule has 1 N–H and O–H groups in total. The smallest absolute Gasteiger partial charge is 0.0590 e. The van der Waals surface area contributed by atoms with E-state index in [1.807, 2.05) is 23.1 Å². The molecule has 0 bridgehead atoms. The molecule has 0 aliphatic heterocycles. The lowest BCUT2D eigenvalue weighted by molar-refractivity contribution is 0.125. The third-order valence-electron chi connectivity index (χ3n) is 2.56. The first-order valence-electron chi connectivity index (χ1n) is 6.55. The molecule has 0 aliphatic rings. The Labute approximate surface area is 104 Å². The predicted molar refractivity (Wildman–Crippen MR) is 70.0 cm³/mol. The Morgan fingerprint density at radius 1 is 1.29 bits per heavy atom. The zero-order chi connectivity index (χ0) is 12.3. The van der Waals surface area contributed by atoms with Crippen LogP contribution in [0.1, 0.15) is 26.7 Å². The first-order valence-corrected chi connectivity index (χ1v) is 6.55. The lowest BCUT2D eigenvalue weighted by Gasteiger charge is -2.07. The Kier molecular flexibility index (Phi) is 7.67. The Morgan fingerprint density at radius 3 is 2.88 bits per heavy atom. The Hall–Kier alpha value is -0.870. The maximum Gasteiger partial charge on any atom is 0.0590 e. The van der Waals surface area contributed by atoms with Crippen molar-refractivity contribution in [2.75, 3.05) is 26.3 Å². The standard InChI is InChI=1S/C13H25N3O/c1-13(2)5-11-17-12-8-14-6-3-9-16-10-4-7-15-16/h4,7,10,13-14H,3,5-6,8-9,11-12H2,1-2H3. The van der Waals surface area contributed by atoms with E-state index in [4.69, 9.17) is 4.74 Å². The van der Waals surface area contributed by atoms with Crippen molar-refractivity contribution in [3.05, 3.63) is 18.5 Å². The number of hydrogen-bond donors (Lipinski definition) is 1. The second kappa shape index (κ2) is 9.19. The van der Waals surface area contributed by atoms with E-state index in [2.05, 4.69) is 24.3 Å². The molecule has 4 nitrogen and oxygen atoms in total. The van der Waals surface area contributed by atoms with Crippen LogP contribution in [0.5, 0.6) is 0 Å².